The van der Waals surface area contributed by atoms with E-state index < -0.39 is 0 Å². The Morgan fingerprint density at radius 1 is 1.39 bits per heavy atom. The van der Waals surface area contributed by atoms with Gasteiger partial charge in [-0.25, -0.2) is 0 Å². The first-order chi connectivity index (χ1) is 10.8. The minimum atomic E-state index is -0.232. The van der Waals surface area contributed by atoms with Crippen molar-refractivity contribution >= 4 is 23.5 Å². The molecule has 2 unspecified atom stereocenters. The molecule has 0 saturated heterocycles. The van der Waals surface area contributed by atoms with Gasteiger partial charge in [0.2, 0.25) is 5.91 Å². The van der Waals surface area contributed by atoms with Gasteiger partial charge in [-0.15, -0.1) is 0 Å². The number of nitrogens with one attached hydrogen (secondary N) is 3. The van der Waals surface area contributed by atoms with Gasteiger partial charge in [0.15, 0.2) is 5.96 Å². The summed E-state index contributed by atoms with van der Waals surface area (Å²) in [6.45, 7) is 6.07. The van der Waals surface area contributed by atoms with E-state index in [1.54, 1.807) is 7.05 Å². The van der Waals surface area contributed by atoms with Crippen LogP contribution in [0.1, 0.15) is 38.7 Å². The molecule has 23 heavy (non-hydrogen) atoms. The van der Waals surface area contributed by atoms with Crippen LogP contribution in [0.25, 0.3) is 0 Å². The first kappa shape index (κ1) is 17.6. The second-order valence-electron chi connectivity index (χ2n) is 6.87. The van der Waals surface area contributed by atoms with Crippen LogP contribution in [0.2, 0.25) is 5.02 Å². The third-order valence-electron chi connectivity index (χ3n) is 3.54. The number of amides is 1. The van der Waals surface area contributed by atoms with Crippen molar-refractivity contribution in [1.82, 2.24) is 16.0 Å². The highest BCUT2D eigenvalue weighted by molar-refractivity contribution is 6.30. The highest BCUT2D eigenvalue weighted by Crippen LogP contribution is 2.41. The number of guanidine groups is 1. The summed E-state index contributed by atoms with van der Waals surface area (Å²) in [4.78, 5) is 16.0. The van der Waals surface area contributed by atoms with Gasteiger partial charge in [-0.05, 0) is 44.9 Å². The van der Waals surface area contributed by atoms with Crippen molar-refractivity contribution in [3.05, 3.63) is 34.9 Å². The van der Waals surface area contributed by atoms with Crippen LogP contribution in [0.4, 0.5) is 0 Å². The van der Waals surface area contributed by atoms with Gasteiger partial charge in [-0.3, -0.25) is 9.79 Å². The molecular formula is C17H25ClN4O. The molecule has 2 atom stereocenters. The first-order valence-corrected chi connectivity index (χ1v) is 8.20. The quantitative estimate of drug-likeness (QED) is 0.584. The van der Waals surface area contributed by atoms with Crippen molar-refractivity contribution < 1.29 is 4.79 Å². The molecule has 1 aromatic rings. The summed E-state index contributed by atoms with van der Waals surface area (Å²) < 4.78 is 0. The lowest BCUT2D eigenvalue weighted by Crippen LogP contribution is -2.48. The topological polar surface area (TPSA) is 65.5 Å². The number of rotatable bonds is 4. The molecule has 2 rings (SSSR count). The summed E-state index contributed by atoms with van der Waals surface area (Å²) in [5.74, 6) is 1.03. The average molecular weight is 337 g/mol. The van der Waals surface area contributed by atoms with Crippen LogP contribution in [-0.4, -0.2) is 37.0 Å². The summed E-state index contributed by atoms with van der Waals surface area (Å²) in [6, 6.07) is 8.26. The summed E-state index contributed by atoms with van der Waals surface area (Å²) in [5.41, 5.74) is 1.00. The molecule has 0 bridgehead atoms. The number of halogens is 1. The van der Waals surface area contributed by atoms with Crippen molar-refractivity contribution in [2.75, 3.05) is 13.6 Å². The van der Waals surface area contributed by atoms with E-state index >= 15 is 0 Å². The third kappa shape index (κ3) is 5.75. The first-order valence-electron chi connectivity index (χ1n) is 7.82. The molecule has 0 spiro atoms. The minimum absolute atomic E-state index is 0.0531. The van der Waals surface area contributed by atoms with E-state index in [2.05, 4.69) is 27.0 Å². The van der Waals surface area contributed by atoms with Gasteiger partial charge in [0.1, 0.15) is 0 Å². The summed E-state index contributed by atoms with van der Waals surface area (Å²) in [6.07, 6.45) is 1.04. The lowest BCUT2D eigenvalue weighted by molar-refractivity contribution is -0.121. The predicted octanol–water partition coefficient (Wildman–Crippen LogP) is 2.28. The molecule has 1 amide bonds. The largest absolute Gasteiger partial charge is 0.353 e. The number of benzene rings is 1. The molecule has 1 fully saturated rings. The number of hydrogen-bond donors (Lipinski definition) is 3. The maximum absolute atomic E-state index is 11.8. The summed E-state index contributed by atoms with van der Waals surface area (Å²) >= 11 is 6.03. The molecule has 126 valence electrons. The van der Waals surface area contributed by atoms with Crippen LogP contribution < -0.4 is 16.0 Å². The zero-order valence-corrected chi connectivity index (χ0v) is 14.9. The molecule has 1 saturated carbocycles. The lowest BCUT2D eigenvalue weighted by atomic mass is 10.1. The van der Waals surface area contributed by atoms with Crippen molar-refractivity contribution in [2.45, 2.75) is 44.7 Å². The second-order valence-corrected chi connectivity index (χ2v) is 7.31. The molecular weight excluding hydrogens is 312 g/mol. The Balaban J connectivity index is 1.80. The maximum Gasteiger partial charge on any atom is 0.239 e. The van der Waals surface area contributed by atoms with Crippen molar-refractivity contribution in [2.24, 2.45) is 4.99 Å². The number of carbonyl (C=O) groups is 1. The Morgan fingerprint density at radius 2 is 2.13 bits per heavy atom. The van der Waals surface area contributed by atoms with Gasteiger partial charge in [0, 0.05) is 29.6 Å². The molecule has 1 aliphatic rings. The van der Waals surface area contributed by atoms with E-state index in [1.807, 2.05) is 39.0 Å². The Labute approximate surface area is 142 Å². The Kier molecular flexibility index (Phi) is 5.52. The van der Waals surface area contributed by atoms with Gasteiger partial charge in [0.25, 0.3) is 0 Å². The van der Waals surface area contributed by atoms with E-state index in [0.717, 1.165) is 11.4 Å². The highest BCUT2D eigenvalue weighted by atomic mass is 35.5. The summed E-state index contributed by atoms with van der Waals surface area (Å²) in [5, 5.41) is 10.1. The van der Waals surface area contributed by atoms with Crippen LogP contribution in [0, 0.1) is 0 Å². The number of carbonyl (C=O) groups excluding carboxylic acids is 1. The van der Waals surface area contributed by atoms with Crippen molar-refractivity contribution in [3.63, 3.8) is 0 Å². The molecule has 1 aromatic carbocycles. The molecule has 3 N–H and O–H groups in total. The highest BCUT2D eigenvalue weighted by Gasteiger charge is 2.39. The minimum Gasteiger partial charge on any atom is -0.353 e. The second kappa shape index (κ2) is 7.21. The number of hydrogen-bond acceptors (Lipinski definition) is 2. The Bertz CT molecular complexity index is 595. The van der Waals surface area contributed by atoms with Crippen LogP contribution in [0.3, 0.4) is 0 Å². The standard InChI is InChI=1S/C17H25ClN4O/c1-17(2,3)22-15(23)10-20-16(19-4)21-14-9-13(14)11-6-5-7-12(18)8-11/h5-8,13-14H,9-10H2,1-4H3,(H,22,23)(H2,19,20,21). The fourth-order valence-electron chi connectivity index (χ4n) is 2.46. The monoisotopic (exact) mass is 336 g/mol. The maximum atomic E-state index is 11.8. The fraction of sp³-hybridized carbons (Fsp3) is 0.529. The lowest BCUT2D eigenvalue weighted by Gasteiger charge is -2.21. The van der Waals surface area contributed by atoms with Gasteiger partial charge < -0.3 is 16.0 Å². The Morgan fingerprint density at radius 3 is 2.74 bits per heavy atom. The molecule has 6 heteroatoms. The normalized spacial score (nSPS) is 20.8. The third-order valence-corrected chi connectivity index (χ3v) is 3.78. The van der Waals surface area contributed by atoms with E-state index in [1.165, 1.54) is 5.56 Å². The van der Waals surface area contributed by atoms with Gasteiger partial charge in [-0.1, -0.05) is 23.7 Å². The van der Waals surface area contributed by atoms with E-state index in [0.29, 0.717) is 17.9 Å². The molecule has 0 radical (unpaired) electrons. The van der Waals surface area contributed by atoms with Crippen LogP contribution in [0.15, 0.2) is 29.3 Å². The van der Waals surface area contributed by atoms with E-state index in [9.17, 15) is 4.79 Å². The fourth-order valence-corrected chi connectivity index (χ4v) is 2.66. The zero-order valence-electron chi connectivity index (χ0n) is 14.1. The average Bonchev–Trinajstić information content (AvgIpc) is 3.21. The van der Waals surface area contributed by atoms with Crippen molar-refractivity contribution in [1.29, 1.82) is 0 Å². The molecule has 0 aliphatic heterocycles. The predicted molar refractivity (Wildman–Crippen MR) is 95.0 cm³/mol. The van der Waals surface area contributed by atoms with Crippen LogP contribution in [0.5, 0.6) is 0 Å². The molecule has 0 heterocycles. The smallest absolute Gasteiger partial charge is 0.239 e. The SMILES string of the molecule is CN=C(NCC(=O)NC(C)(C)C)NC1CC1c1cccc(Cl)c1. The van der Waals surface area contributed by atoms with E-state index in [4.69, 9.17) is 11.6 Å². The van der Waals surface area contributed by atoms with E-state index in [-0.39, 0.29) is 18.0 Å². The molecule has 5 nitrogen and oxygen atoms in total. The van der Waals surface area contributed by atoms with Crippen molar-refractivity contribution in [3.8, 4) is 0 Å². The number of aliphatic imine (C=N–C) groups is 1. The van der Waals surface area contributed by atoms with Gasteiger partial charge in [0.05, 0.1) is 6.54 Å². The molecule has 1 aliphatic carbocycles. The van der Waals surface area contributed by atoms with Gasteiger partial charge in [-0.2, -0.15) is 0 Å². The zero-order chi connectivity index (χ0) is 17.0. The van der Waals surface area contributed by atoms with Crippen LogP contribution >= 0.6 is 11.6 Å². The molecule has 0 aromatic heterocycles. The summed E-state index contributed by atoms with van der Waals surface area (Å²) in [7, 11) is 1.70. The van der Waals surface area contributed by atoms with Crippen LogP contribution in [-0.2, 0) is 4.79 Å². The van der Waals surface area contributed by atoms with Gasteiger partial charge >= 0.3 is 0 Å². The number of nitrogens with zero attached hydrogens (tertiary/aromatic N) is 1. The Hall–Kier alpha value is -1.75.